The molecule has 0 bridgehead atoms. The number of hydrogen-bond acceptors (Lipinski definition) is 6. The maximum Gasteiger partial charge on any atom is 0.349 e. The van der Waals surface area contributed by atoms with Crippen LogP contribution in [0.15, 0.2) is 4.90 Å². The van der Waals surface area contributed by atoms with E-state index in [0.29, 0.717) is 10.6 Å². The standard InChI is InChI=1S/C7H9NO4S2/c1-3-5(14(10)11)4(7(9)12-2)13-6(3)8/h14H,8H2,1-2H3. The molecule has 0 fully saturated rings. The van der Waals surface area contributed by atoms with E-state index in [2.05, 4.69) is 4.74 Å². The van der Waals surface area contributed by atoms with Gasteiger partial charge in [0.1, 0.15) is 4.88 Å². The van der Waals surface area contributed by atoms with E-state index in [9.17, 15) is 13.2 Å². The Bertz CT molecular complexity index is 439. The van der Waals surface area contributed by atoms with Crippen molar-refractivity contribution in [3.05, 3.63) is 10.4 Å². The van der Waals surface area contributed by atoms with Crippen molar-refractivity contribution >= 4 is 33.0 Å². The number of carbonyl (C=O) groups excluding carboxylic acids is 1. The van der Waals surface area contributed by atoms with Gasteiger partial charge in [-0.3, -0.25) is 0 Å². The minimum atomic E-state index is -2.82. The summed E-state index contributed by atoms with van der Waals surface area (Å²) in [5.74, 6) is -0.677. The average molecular weight is 235 g/mol. The molecule has 0 unspecified atom stereocenters. The first kappa shape index (κ1) is 11.0. The fraction of sp³-hybridized carbons (Fsp3) is 0.286. The Morgan fingerprint density at radius 1 is 1.50 bits per heavy atom. The fourth-order valence-electron chi connectivity index (χ4n) is 0.973. The highest BCUT2D eigenvalue weighted by atomic mass is 32.2. The van der Waals surface area contributed by atoms with Crippen molar-refractivity contribution in [1.29, 1.82) is 0 Å². The van der Waals surface area contributed by atoms with E-state index in [-0.39, 0.29) is 9.77 Å². The Kier molecular flexibility index (Phi) is 3.12. The highest BCUT2D eigenvalue weighted by molar-refractivity contribution is 7.73. The van der Waals surface area contributed by atoms with Crippen LogP contribution in [0.5, 0.6) is 0 Å². The van der Waals surface area contributed by atoms with Crippen molar-refractivity contribution in [2.75, 3.05) is 12.8 Å². The fourth-order valence-corrected chi connectivity index (χ4v) is 2.95. The molecule has 0 saturated carbocycles. The molecule has 0 aliphatic rings. The normalized spacial score (nSPS) is 10.5. The van der Waals surface area contributed by atoms with E-state index < -0.39 is 16.7 Å². The van der Waals surface area contributed by atoms with Crippen LogP contribution in [0.2, 0.25) is 0 Å². The van der Waals surface area contributed by atoms with E-state index in [4.69, 9.17) is 5.73 Å². The lowest BCUT2D eigenvalue weighted by Gasteiger charge is -1.95. The monoisotopic (exact) mass is 235 g/mol. The molecule has 1 heterocycles. The summed E-state index contributed by atoms with van der Waals surface area (Å²) < 4.78 is 26.2. The molecule has 14 heavy (non-hydrogen) atoms. The highest BCUT2D eigenvalue weighted by Gasteiger charge is 2.21. The Morgan fingerprint density at radius 3 is 2.50 bits per heavy atom. The van der Waals surface area contributed by atoms with Crippen LogP contribution in [0.3, 0.4) is 0 Å². The summed E-state index contributed by atoms with van der Waals surface area (Å²) in [4.78, 5) is 11.2. The van der Waals surface area contributed by atoms with Crippen LogP contribution in [-0.4, -0.2) is 21.5 Å². The predicted octanol–water partition coefficient (Wildman–Crippen LogP) is 0.396. The summed E-state index contributed by atoms with van der Waals surface area (Å²) in [5, 5.41) is 0.319. The van der Waals surface area contributed by atoms with Gasteiger partial charge in [-0.15, -0.1) is 11.3 Å². The number of ether oxygens (including phenoxy) is 1. The summed E-state index contributed by atoms with van der Waals surface area (Å²) in [5.41, 5.74) is 5.92. The molecule has 2 N–H and O–H groups in total. The van der Waals surface area contributed by atoms with Gasteiger partial charge < -0.3 is 10.5 Å². The number of hydrogen-bond donors (Lipinski definition) is 2. The van der Waals surface area contributed by atoms with Gasteiger partial charge in [-0.05, 0) is 6.92 Å². The van der Waals surface area contributed by atoms with Crippen LogP contribution in [0.25, 0.3) is 0 Å². The third kappa shape index (κ3) is 1.73. The minimum absolute atomic E-state index is 0.0330. The summed E-state index contributed by atoms with van der Waals surface area (Å²) in [6.07, 6.45) is 0. The van der Waals surface area contributed by atoms with Gasteiger partial charge in [-0.2, -0.15) is 0 Å². The number of methoxy groups -OCH3 is 1. The van der Waals surface area contributed by atoms with E-state index in [1.54, 1.807) is 6.92 Å². The first-order chi connectivity index (χ1) is 6.49. The predicted molar refractivity (Wildman–Crippen MR) is 53.4 cm³/mol. The molecular weight excluding hydrogens is 226 g/mol. The smallest absolute Gasteiger partial charge is 0.349 e. The van der Waals surface area contributed by atoms with Gasteiger partial charge in [0.25, 0.3) is 0 Å². The lowest BCUT2D eigenvalue weighted by molar-refractivity contribution is 0.0602. The molecule has 0 aliphatic carbocycles. The molecule has 1 aromatic rings. The van der Waals surface area contributed by atoms with Gasteiger partial charge in [-0.1, -0.05) is 0 Å². The van der Waals surface area contributed by atoms with Gasteiger partial charge >= 0.3 is 5.97 Å². The zero-order chi connectivity index (χ0) is 10.9. The van der Waals surface area contributed by atoms with Crippen molar-refractivity contribution in [3.63, 3.8) is 0 Å². The average Bonchev–Trinajstić information content (AvgIpc) is 2.42. The van der Waals surface area contributed by atoms with Crippen molar-refractivity contribution in [2.45, 2.75) is 11.8 Å². The molecule has 0 aromatic carbocycles. The first-order valence-corrected chi connectivity index (χ1v) is 5.60. The number of thiol groups is 1. The molecule has 0 aliphatic heterocycles. The van der Waals surface area contributed by atoms with Crippen LogP contribution in [0, 0.1) is 6.92 Å². The maximum atomic E-state index is 11.2. The lowest BCUT2D eigenvalue weighted by atomic mass is 10.3. The molecule has 1 rings (SSSR count). The first-order valence-electron chi connectivity index (χ1n) is 3.60. The molecule has 5 nitrogen and oxygen atoms in total. The van der Waals surface area contributed by atoms with Gasteiger partial charge in [-0.25, -0.2) is 13.2 Å². The number of nitrogen functional groups attached to an aromatic ring is 1. The second-order valence-corrected chi connectivity index (χ2v) is 4.53. The van der Waals surface area contributed by atoms with Crippen molar-refractivity contribution in [2.24, 2.45) is 0 Å². The Labute approximate surface area is 86.4 Å². The molecular formula is C7H9NO4S2. The molecule has 78 valence electrons. The van der Waals surface area contributed by atoms with Gasteiger partial charge in [0.2, 0.25) is 0 Å². The van der Waals surface area contributed by atoms with Crippen LogP contribution >= 0.6 is 11.3 Å². The number of anilines is 1. The molecule has 0 spiro atoms. The highest BCUT2D eigenvalue weighted by Crippen LogP contribution is 2.31. The van der Waals surface area contributed by atoms with Gasteiger partial charge in [0.15, 0.2) is 10.7 Å². The maximum absolute atomic E-state index is 11.2. The van der Waals surface area contributed by atoms with Crippen molar-refractivity contribution < 1.29 is 17.9 Å². The Morgan fingerprint density at radius 2 is 2.07 bits per heavy atom. The zero-order valence-corrected chi connectivity index (χ0v) is 9.28. The van der Waals surface area contributed by atoms with E-state index in [1.807, 2.05) is 0 Å². The largest absolute Gasteiger partial charge is 0.465 e. The molecule has 0 atom stereocenters. The third-order valence-corrected chi connectivity index (χ3v) is 3.88. The topological polar surface area (TPSA) is 86.5 Å². The minimum Gasteiger partial charge on any atom is -0.465 e. The van der Waals surface area contributed by atoms with Crippen LogP contribution < -0.4 is 5.73 Å². The number of rotatable bonds is 2. The molecule has 1 aromatic heterocycles. The van der Waals surface area contributed by atoms with Crippen LogP contribution in [0.1, 0.15) is 15.2 Å². The summed E-state index contributed by atoms with van der Waals surface area (Å²) in [6.45, 7) is 1.55. The number of thiophene rings is 1. The zero-order valence-electron chi connectivity index (χ0n) is 7.57. The Hall–Kier alpha value is -1.08. The quantitative estimate of drug-likeness (QED) is 0.572. The van der Waals surface area contributed by atoms with E-state index in [1.165, 1.54) is 7.11 Å². The molecule has 7 heteroatoms. The number of esters is 1. The molecule has 0 saturated heterocycles. The van der Waals surface area contributed by atoms with Crippen molar-refractivity contribution in [3.8, 4) is 0 Å². The van der Waals surface area contributed by atoms with Crippen LogP contribution in [0.4, 0.5) is 5.00 Å². The second-order valence-electron chi connectivity index (χ2n) is 2.52. The molecule has 0 radical (unpaired) electrons. The number of carbonyl (C=O) groups is 1. The van der Waals surface area contributed by atoms with Gasteiger partial charge in [0, 0.05) is 5.56 Å². The van der Waals surface area contributed by atoms with Gasteiger partial charge in [0.05, 0.1) is 17.0 Å². The third-order valence-electron chi connectivity index (χ3n) is 1.71. The summed E-state index contributed by atoms with van der Waals surface area (Å²) in [7, 11) is -1.64. The summed E-state index contributed by atoms with van der Waals surface area (Å²) >= 11 is 0.921. The van der Waals surface area contributed by atoms with E-state index in [0.717, 1.165) is 11.3 Å². The lowest BCUT2D eigenvalue weighted by Crippen LogP contribution is -2.01. The SMILES string of the molecule is COC(=O)c1sc(N)c(C)c1[SH](=O)=O. The molecule has 0 amide bonds. The number of nitrogens with two attached hydrogens (primary N) is 1. The van der Waals surface area contributed by atoms with Crippen LogP contribution in [-0.2, 0) is 15.4 Å². The summed E-state index contributed by atoms with van der Waals surface area (Å²) in [6, 6.07) is 0. The second kappa shape index (κ2) is 3.97. The van der Waals surface area contributed by atoms with E-state index >= 15 is 0 Å². The Balaban J connectivity index is 3.44. The van der Waals surface area contributed by atoms with Crippen molar-refractivity contribution in [1.82, 2.24) is 0 Å².